The number of esters is 1. The van der Waals surface area contributed by atoms with E-state index in [9.17, 15) is 20.1 Å². The van der Waals surface area contributed by atoms with E-state index in [1.807, 2.05) is 0 Å². The number of benzene rings is 2. The lowest BCUT2D eigenvalue weighted by Crippen LogP contribution is -2.10. The molecule has 102 valence electrons. The highest BCUT2D eigenvalue weighted by atomic mass is 16.6. The molecule has 0 radical (unpaired) electrons. The number of phenols is 2. The molecule has 3 rings (SSSR count). The second kappa shape index (κ2) is 4.54. The minimum atomic E-state index is -1.07. The van der Waals surface area contributed by atoms with E-state index >= 15 is 0 Å². The molecule has 0 fully saturated rings. The van der Waals surface area contributed by atoms with Gasteiger partial charge in [0.05, 0.1) is 0 Å². The van der Waals surface area contributed by atoms with Crippen LogP contribution >= 0.6 is 0 Å². The Labute approximate surface area is 114 Å². The Balaban J connectivity index is 1.99. The maximum atomic E-state index is 11.8. The molecule has 2 aromatic carbocycles. The van der Waals surface area contributed by atoms with E-state index in [4.69, 9.17) is 4.74 Å². The molecule has 0 unspecified atom stereocenters. The van der Waals surface area contributed by atoms with Gasteiger partial charge in [-0.15, -0.1) is 0 Å². The normalized spacial score (nSPS) is 18.4. The molecule has 20 heavy (non-hydrogen) atoms. The van der Waals surface area contributed by atoms with Crippen molar-refractivity contribution in [3.8, 4) is 11.5 Å². The van der Waals surface area contributed by atoms with Crippen molar-refractivity contribution < 1.29 is 24.9 Å². The van der Waals surface area contributed by atoms with Crippen LogP contribution in [0.1, 0.15) is 33.7 Å². The molecule has 0 saturated carbocycles. The van der Waals surface area contributed by atoms with E-state index < -0.39 is 18.2 Å². The van der Waals surface area contributed by atoms with Crippen molar-refractivity contribution in [3.63, 3.8) is 0 Å². The topological polar surface area (TPSA) is 87.0 Å². The Kier molecular flexibility index (Phi) is 2.84. The first-order valence-corrected chi connectivity index (χ1v) is 6.08. The number of cyclic esters (lactones) is 1. The van der Waals surface area contributed by atoms with E-state index in [0.717, 1.165) is 0 Å². The minimum Gasteiger partial charge on any atom is -0.508 e. The number of rotatable bonds is 2. The average molecular weight is 272 g/mol. The van der Waals surface area contributed by atoms with Gasteiger partial charge >= 0.3 is 5.97 Å². The highest BCUT2D eigenvalue weighted by molar-refractivity contribution is 5.96. The van der Waals surface area contributed by atoms with Gasteiger partial charge in [0.25, 0.3) is 0 Å². The number of aliphatic hydroxyl groups is 1. The van der Waals surface area contributed by atoms with Crippen LogP contribution in [-0.2, 0) is 4.74 Å². The van der Waals surface area contributed by atoms with Gasteiger partial charge in [-0.3, -0.25) is 0 Å². The first-order valence-electron chi connectivity index (χ1n) is 6.08. The van der Waals surface area contributed by atoms with Crippen molar-refractivity contribution in [1.29, 1.82) is 0 Å². The number of aliphatic hydroxyl groups excluding tert-OH is 1. The van der Waals surface area contributed by atoms with Gasteiger partial charge in [0.1, 0.15) is 23.2 Å². The fraction of sp³-hybridized carbons (Fsp3) is 0.133. The van der Waals surface area contributed by atoms with E-state index in [0.29, 0.717) is 11.1 Å². The Hall–Kier alpha value is -2.53. The fourth-order valence-corrected chi connectivity index (χ4v) is 2.34. The predicted molar refractivity (Wildman–Crippen MR) is 69.3 cm³/mol. The van der Waals surface area contributed by atoms with E-state index in [1.165, 1.54) is 18.2 Å². The van der Waals surface area contributed by atoms with Gasteiger partial charge < -0.3 is 20.1 Å². The lowest BCUT2D eigenvalue weighted by molar-refractivity contribution is -0.0103. The molecule has 0 bridgehead atoms. The molecule has 2 atom stereocenters. The Morgan fingerprint density at radius 3 is 2.45 bits per heavy atom. The molecule has 2 aromatic rings. The highest BCUT2D eigenvalue weighted by Gasteiger charge is 2.38. The lowest BCUT2D eigenvalue weighted by Gasteiger charge is -2.18. The monoisotopic (exact) mass is 272 g/mol. The van der Waals surface area contributed by atoms with Crippen molar-refractivity contribution in [3.05, 3.63) is 59.2 Å². The molecule has 5 heteroatoms. The maximum Gasteiger partial charge on any atom is 0.343 e. The smallest absolute Gasteiger partial charge is 0.343 e. The van der Waals surface area contributed by atoms with Crippen LogP contribution in [-0.4, -0.2) is 21.3 Å². The lowest BCUT2D eigenvalue weighted by atomic mass is 9.96. The van der Waals surface area contributed by atoms with Crippen molar-refractivity contribution in [1.82, 2.24) is 0 Å². The number of phenolic OH excluding ortho intramolecular Hbond substituents is 2. The summed E-state index contributed by atoms with van der Waals surface area (Å²) in [5.74, 6) is -0.726. The minimum absolute atomic E-state index is 0.0856. The van der Waals surface area contributed by atoms with Gasteiger partial charge in [-0.25, -0.2) is 4.79 Å². The first kappa shape index (κ1) is 12.5. The van der Waals surface area contributed by atoms with Gasteiger partial charge in [0.2, 0.25) is 0 Å². The summed E-state index contributed by atoms with van der Waals surface area (Å²) in [7, 11) is 0. The molecule has 3 N–H and O–H groups in total. The molecule has 0 spiro atoms. The van der Waals surface area contributed by atoms with Crippen molar-refractivity contribution in [2.75, 3.05) is 0 Å². The van der Waals surface area contributed by atoms with E-state index in [1.54, 1.807) is 24.3 Å². The van der Waals surface area contributed by atoms with Crippen molar-refractivity contribution in [2.45, 2.75) is 12.2 Å². The number of carbonyl (C=O) groups is 1. The van der Waals surface area contributed by atoms with Gasteiger partial charge in [-0.1, -0.05) is 24.3 Å². The number of ether oxygens (including phenoxy) is 1. The van der Waals surface area contributed by atoms with Crippen LogP contribution in [0.2, 0.25) is 0 Å². The second-order valence-electron chi connectivity index (χ2n) is 4.60. The number of carbonyl (C=O) groups excluding carboxylic acids is 1. The zero-order chi connectivity index (χ0) is 14.3. The number of aromatic hydroxyl groups is 2. The average Bonchev–Trinajstić information content (AvgIpc) is 2.77. The third-order valence-electron chi connectivity index (χ3n) is 3.34. The van der Waals surface area contributed by atoms with E-state index in [-0.39, 0.29) is 17.1 Å². The predicted octanol–water partition coefficient (Wildman–Crippen LogP) is 2.04. The number of hydrogen-bond acceptors (Lipinski definition) is 5. The Morgan fingerprint density at radius 1 is 1.05 bits per heavy atom. The quantitative estimate of drug-likeness (QED) is 0.728. The SMILES string of the molecule is O=C1O[C@H]([C@H](O)c2ccc(O)cc2)c2cccc(O)c21. The van der Waals surface area contributed by atoms with E-state index in [2.05, 4.69) is 0 Å². The van der Waals surface area contributed by atoms with Gasteiger partial charge in [0, 0.05) is 5.56 Å². The summed E-state index contributed by atoms with van der Waals surface area (Å²) in [6, 6.07) is 10.6. The van der Waals surface area contributed by atoms with Crippen LogP contribution in [0.5, 0.6) is 11.5 Å². The summed E-state index contributed by atoms with van der Waals surface area (Å²) >= 11 is 0. The third-order valence-corrected chi connectivity index (χ3v) is 3.34. The van der Waals surface area contributed by atoms with Crippen LogP contribution in [0.25, 0.3) is 0 Å². The summed E-state index contributed by atoms with van der Waals surface area (Å²) in [4.78, 5) is 11.8. The molecular formula is C15H12O5. The van der Waals surface area contributed by atoms with Crippen LogP contribution in [0.4, 0.5) is 0 Å². The summed E-state index contributed by atoms with van der Waals surface area (Å²) in [5.41, 5.74) is 1.06. The molecule has 5 nitrogen and oxygen atoms in total. The zero-order valence-electron chi connectivity index (χ0n) is 10.4. The molecule has 0 aliphatic carbocycles. The standard InChI is InChI=1S/C15H12O5/c16-9-6-4-8(5-7-9)13(18)14-10-2-1-3-11(17)12(10)15(19)20-14/h1-7,13-14,16-18H/t13-,14+/m1/s1. The van der Waals surface area contributed by atoms with Crippen LogP contribution in [0.3, 0.4) is 0 Å². The van der Waals surface area contributed by atoms with Crippen molar-refractivity contribution >= 4 is 5.97 Å². The Morgan fingerprint density at radius 2 is 1.75 bits per heavy atom. The Bertz CT molecular complexity index is 662. The number of fused-ring (bicyclic) bond motifs is 1. The van der Waals surface area contributed by atoms with Crippen LogP contribution in [0.15, 0.2) is 42.5 Å². The largest absolute Gasteiger partial charge is 0.508 e. The van der Waals surface area contributed by atoms with Crippen LogP contribution in [0, 0.1) is 0 Å². The molecule has 0 aromatic heterocycles. The van der Waals surface area contributed by atoms with Crippen LogP contribution < -0.4 is 0 Å². The second-order valence-corrected chi connectivity index (χ2v) is 4.60. The summed E-state index contributed by atoms with van der Waals surface area (Å²) in [6.07, 6.45) is -1.93. The summed E-state index contributed by atoms with van der Waals surface area (Å²) in [5, 5.41) is 29.3. The fourth-order valence-electron chi connectivity index (χ4n) is 2.34. The molecule has 0 amide bonds. The zero-order valence-corrected chi connectivity index (χ0v) is 10.4. The number of hydrogen-bond donors (Lipinski definition) is 3. The molecule has 0 saturated heterocycles. The van der Waals surface area contributed by atoms with Crippen molar-refractivity contribution in [2.24, 2.45) is 0 Å². The molecule has 1 heterocycles. The third kappa shape index (κ3) is 1.88. The first-order chi connectivity index (χ1) is 9.58. The molecular weight excluding hydrogens is 260 g/mol. The van der Waals surface area contributed by atoms with Gasteiger partial charge in [0.15, 0.2) is 6.10 Å². The van der Waals surface area contributed by atoms with Gasteiger partial charge in [-0.05, 0) is 23.8 Å². The van der Waals surface area contributed by atoms with Gasteiger partial charge in [-0.2, -0.15) is 0 Å². The molecule has 1 aliphatic rings. The summed E-state index contributed by atoms with van der Waals surface area (Å²) in [6.45, 7) is 0. The summed E-state index contributed by atoms with van der Waals surface area (Å²) < 4.78 is 5.15. The molecule has 1 aliphatic heterocycles. The maximum absolute atomic E-state index is 11.8. The highest BCUT2D eigenvalue weighted by Crippen LogP contribution is 2.42.